The fourth-order valence-corrected chi connectivity index (χ4v) is 2.83. The molecule has 0 fully saturated rings. The lowest BCUT2D eigenvalue weighted by Gasteiger charge is -2.13. The van der Waals surface area contributed by atoms with Crippen molar-refractivity contribution in [2.45, 2.75) is 19.5 Å². The van der Waals surface area contributed by atoms with Crippen LogP contribution < -0.4 is 5.32 Å². The van der Waals surface area contributed by atoms with E-state index in [1.807, 2.05) is 30.3 Å². The second kappa shape index (κ2) is 5.87. The lowest BCUT2D eigenvalue weighted by molar-refractivity contribution is 0.579. The Kier molecular flexibility index (Phi) is 4.46. The van der Waals surface area contributed by atoms with Crippen LogP contribution in [0.3, 0.4) is 0 Å². The molecule has 1 N–H and O–H groups in total. The molecule has 1 aromatic heterocycles. The van der Waals surface area contributed by atoms with Gasteiger partial charge in [0.25, 0.3) is 0 Å². The lowest BCUT2D eigenvalue weighted by atomic mass is 10.1. The number of nitrogens with one attached hydrogen (secondary N) is 1. The van der Waals surface area contributed by atoms with Gasteiger partial charge in [0, 0.05) is 22.5 Å². The molecule has 0 saturated heterocycles. The summed E-state index contributed by atoms with van der Waals surface area (Å²) < 4.78 is 0.831. The van der Waals surface area contributed by atoms with Crippen LogP contribution in [0.25, 0.3) is 0 Å². The summed E-state index contributed by atoms with van der Waals surface area (Å²) in [6.07, 6.45) is 0. The first-order valence-electron chi connectivity index (χ1n) is 5.38. The van der Waals surface area contributed by atoms with E-state index in [0.717, 1.165) is 15.9 Å². The Hall–Kier alpha value is -0.540. The van der Waals surface area contributed by atoms with Crippen molar-refractivity contribution in [1.82, 2.24) is 5.32 Å². The third kappa shape index (κ3) is 3.71. The van der Waals surface area contributed by atoms with E-state index in [-0.39, 0.29) is 6.04 Å². The summed E-state index contributed by atoms with van der Waals surface area (Å²) in [6.45, 7) is 2.95. The zero-order valence-corrected chi connectivity index (χ0v) is 11.7. The topological polar surface area (TPSA) is 12.0 Å². The average Bonchev–Trinajstić information content (AvgIpc) is 2.72. The average molecular weight is 286 g/mol. The first-order valence-corrected chi connectivity index (χ1v) is 6.95. The van der Waals surface area contributed by atoms with Gasteiger partial charge in [0.15, 0.2) is 0 Å². The molecule has 1 heterocycles. The van der Waals surface area contributed by atoms with Crippen molar-refractivity contribution in [3.63, 3.8) is 0 Å². The van der Waals surface area contributed by atoms with Gasteiger partial charge in [-0.15, -0.1) is 11.3 Å². The number of halogens is 2. The van der Waals surface area contributed by atoms with Gasteiger partial charge in [-0.1, -0.05) is 35.3 Å². The molecule has 2 aromatic rings. The zero-order chi connectivity index (χ0) is 12.3. The number of thiophene rings is 1. The molecule has 0 aliphatic carbocycles. The minimum atomic E-state index is 0.273. The molecule has 0 spiro atoms. The van der Waals surface area contributed by atoms with Crippen LogP contribution in [0.4, 0.5) is 0 Å². The Balaban J connectivity index is 1.95. The van der Waals surface area contributed by atoms with Gasteiger partial charge in [-0.3, -0.25) is 0 Å². The summed E-state index contributed by atoms with van der Waals surface area (Å²) >= 11 is 13.5. The Morgan fingerprint density at radius 1 is 1.24 bits per heavy atom. The standard InChI is InChI=1S/C13H13Cl2NS/c1-9(10-3-2-4-11(14)7-10)16-8-12-5-6-13(15)17-12/h2-7,9,16H,8H2,1H3. The summed E-state index contributed by atoms with van der Waals surface area (Å²) in [5.74, 6) is 0. The smallest absolute Gasteiger partial charge is 0.0931 e. The minimum Gasteiger partial charge on any atom is -0.305 e. The Labute approximate surface area is 115 Å². The van der Waals surface area contributed by atoms with Crippen LogP contribution in [-0.4, -0.2) is 0 Å². The highest BCUT2D eigenvalue weighted by Gasteiger charge is 2.06. The van der Waals surface area contributed by atoms with E-state index in [2.05, 4.69) is 18.3 Å². The zero-order valence-electron chi connectivity index (χ0n) is 9.41. The van der Waals surface area contributed by atoms with Gasteiger partial charge in [0.05, 0.1) is 4.34 Å². The van der Waals surface area contributed by atoms with Crippen LogP contribution in [0.5, 0.6) is 0 Å². The van der Waals surface area contributed by atoms with Crippen molar-refractivity contribution in [2.24, 2.45) is 0 Å². The summed E-state index contributed by atoms with van der Waals surface area (Å²) in [6, 6.07) is 12.2. The summed E-state index contributed by atoms with van der Waals surface area (Å²) in [7, 11) is 0. The quantitative estimate of drug-likeness (QED) is 0.842. The van der Waals surface area contributed by atoms with Crippen molar-refractivity contribution in [3.05, 3.63) is 56.2 Å². The predicted molar refractivity (Wildman–Crippen MR) is 76.0 cm³/mol. The maximum absolute atomic E-state index is 5.97. The summed E-state index contributed by atoms with van der Waals surface area (Å²) in [5.41, 5.74) is 1.19. The van der Waals surface area contributed by atoms with Gasteiger partial charge in [0.2, 0.25) is 0 Å². The van der Waals surface area contributed by atoms with E-state index in [1.165, 1.54) is 10.4 Å². The largest absolute Gasteiger partial charge is 0.305 e. The molecule has 2 rings (SSSR count). The van der Waals surface area contributed by atoms with Crippen molar-refractivity contribution >= 4 is 34.5 Å². The summed E-state index contributed by atoms with van der Waals surface area (Å²) in [5, 5.41) is 4.22. The Morgan fingerprint density at radius 2 is 2.06 bits per heavy atom. The monoisotopic (exact) mass is 285 g/mol. The number of hydrogen-bond donors (Lipinski definition) is 1. The van der Waals surface area contributed by atoms with Gasteiger partial charge in [-0.25, -0.2) is 0 Å². The van der Waals surface area contributed by atoms with Crippen LogP contribution in [0.15, 0.2) is 36.4 Å². The van der Waals surface area contributed by atoms with Crippen LogP contribution in [0.1, 0.15) is 23.4 Å². The molecule has 0 saturated carbocycles. The van der Waals surface area contributed by atoms with Crippen LogP contribution in [0, 0.1) is 0 Å². The molecule has 1 aromatic carbocycles. The highest BCUT2D eigenvalue weighted by Crippen LogP contribution is 2.22. The second-order valence-electron chi connectivity index (χ2n) is 3.86. The molecular formula is C13H13Cl2NS. The molecule has 17 heavy (non-hydrogen) atoms. The molecule has 0 bridgehead atoms. The van der Waals surface area contributed by atoms with Gasteiger partial charge in [-0.05, 0) is 36.8 Å². The Bertz CT molecular complexity index is 496. The van der Waals surface area contributed by atoms with E-state index in [0.29, 0.717) is 0 Å². The Morgan fingerprint density at radius 3 is 2.71 bits per heavy atom. The van der Waals surface area contributed by atoms with Gasteiger partial charge in [0.1, 0.15) is 0 Å². The normalized spacial score (nSPS) is 12.6. The first kappa shape index (κ1) is 12.9. The lowest BCUT2D eigenvalue weighted by Crippen LogP contribution is -2.17. The van der Waals surface area contributed by atoms with Crippen LogP contribution in [0.2, 0.25) is 9.36 Å². The molecule has 0 amide bonds. The van der Waals surface area contributed by atoms with E-state index >= 15 is 0 Å². The molecule has 0 aliphatic rings. The van der Waals surface area contributed by atoms with Crippen molar-refractivity contribution in [2.75, 3.05) is 0 Å². The maximum atomic E-state index is 5.97. The second-order valence-corrected chi connectivity index (χ2v) is 6.10. The number of rotatable bonds is 4. The third-order valence-electron chi connectivity index (χ3n) is 2.56. The highest BCUT2D eigenvalue weighted by molar-refractivity contribution is 7.16. The summed E-state index contributed by atoms with van der Waals surface area (Å²) in [4.78, 5) is 1.24. The molecular weight excluding hydrogens is 273 g/mol. The van der Waals surface area contributed by atoms with E-state index < -0.39 is 0 Å². The van der Waals surface area contributed by atoms with Gasteiger partial charge in [-0.2, -0.15) is 0 Å². The molecule has 0 radical (unpaired) electrons. The third-order valence-corrected chi connectivity index (χ3v) is 4.03. The number of benzene rings is 1. The predicted octanol–water partition coefficient (Wildman–Crippen LogP) is 4.91. The highest BCUT2D eigenvalue weighted by atomic mass is 35.5. The molecule has 1 unspecified atom stereocenters. The van der Waals surface area contributed by atoms with Gasteiger partial charge < -0.3 is 5.32 Å². The molecule has 1 atom stereocenters. The molecule has 90 valence electrons. The SMILES string of the molecule is CC(NCc1ccc(Cl)s1)c1cccc(Cl)c1. The van der Waals surface area contributed by atoms with Crippen LogP contribution >= 0.6 is 34.5 Å². The first-order chi connectivity index (χ1) is 8.15. The molecule has 0 aliphatic heterocycles. The number of hydrogen-bond acceptors (Lipinski definition) is 2. The van der Waals surface area contributed by atoms with E-state index in [1.54, 1.807) is 11.3 Å². The minimum absolute atomic E-state index is 0.273. The molecule has 4 heteroatoms. The van der Waals surface area contributed by atoms with Crippen molar-refractivity contribution in [1.29, 1.82) is 0 Å². The van der Waals surface area contributed by atoms with E-state index in [9.17, 15) is 0 Å². The van der Waals surface area contributed by atoms with Gasteiger partial charge >= 0.3 is 0 Å². The van der Waals surface area contributed by atoms with E-state index in [4.69, 9.17) is 23.2 Å². The van der Waals surface area contributed by atoms with Crippen molar-refractivity contribution < 1.29 is 0 Å². The maximum Gasteiger partial charge on any atom is 0.0931 e. The fourth-order valence-electron chi connectivity index (χ4n) is 1.59. The van der Waals surface area contributed by atoms with Crippen LogP contribution in [-0.2, 0) is 6.54 Å². The molecule has 1 nitrogen and oxygen atoms in total. The van der Waals surface area contributed by atoms with Crippen molar-refractivity contribution in [3.8, 4) is 0 Å². The fraction of sp³-hybridized carbons (Fsp3) is 0.231.